The number of carbonyl (C=O) groups is 1. The molecule has 0 saturated carbocycles. The fourth-order valence-electron chi connectivity index (χ4n) is 1.39. The first-order valence-electron chi connectivity index (χ1n) is 5.23. The largest absolute Gasteiger partial charge is 0.350 e. The summed E-state index contributed by atoms with van der Waals surface area (Å²) in [7, 11) is 0. The SMILES string of the molecule is O=C(NCCn1cccn1)c1cc(Br)cnc1Cl. The Balaban J connectivity index is 1.93. The summed E-state index contributed by atoms with van der Waals surface area (Å²) in [6, 6.07) is 3.47. The minimum Gasteiger partial charge on any atom is -0.350 e. The molecule has 0 bridgehead atoms. The van der Waals surface area contributed by atoms with Gasteiger partial charge < -0.3 is 5.32 Å². The van der Waals surface area contributed by atoms with E-state index in [4.69, 9.17) is 11.6 Å². The van der Waals surface area contributed by atoms with E-state index in [0.29, 0.717) is 23.1 Å². The van der Waals surface area contributed by atoms with Crippen LogP contribution in [0.2, 0.25) is 5.15 Å². The van der Waals surface area contributed by atoms with Crippen LogP contribution in [0.3, 0.4) is 0 Å². The van der Waals surface area contributed by atoms with Crippen molar-refractivity contribution < 1.29 is 4.79 Å². The van der Waals surface area contributed by atoms with Crippen molar-refractivity contribution in [3.05, 3.63) is 45.9 Å². The predicted octanol–water partition coefficient (Wildman–Crippen LogP) is 2.12. The zero-order chi connectivity index (χ0) is 13.0. The van der Waals surface area contributed by atoms with E-state index in [1.165, 1.54) is 0 Å². The Morgan fingerprint density at radius 3 is 3.11 bits per heavy atom. The molecule has 0 atom stereocenters. The molecule has 2 heterocycles. The normalized spacial score (nSPS) is 10.3. The Bertz CT molecular complexity index is 544. The number of carbonyl (C=O) groups excluding carboxylic acids is 1. The van der Waals surface area contributed by atoms with Gasteiger partial charge in [0, 0.05) is 29.6 Å². The number of rotatable bonds is 4. The first-order chi connectivity index (χ1) is 8.66. The monoisotopic (exact) mass is 328 g/mol. The minimum atomic E-state index is -0.249. The van der Waals surface area contributed by atoms with Crippen molar-refractivity contribution in [3.63, 3.8) is 0 Å². The molecule has 2 aromatic heterocycles. The highest BCUT2D eigenvalue weighted by Gasteiger charge is 2.11. The van der Waals surface area contributed by atoms with Gasteiger partial charge >= 0.3 is 0 Å². The molecule has 0 spiro atoms. The zero-order valence-electron chi connectivity index (χ0n) is 9.31. The van der Waals surface area contributed by atoms with E-state index in [9.17, 15) is 4.79 Å². The van der Waals surface area contributed by atoms with Gasteiger partial charge in [-0.15, -0.1) is 0 Å². The molecular formula is C11H10BrClN4O. The molecule has 0 aliphatic carbocycles. The number of nitrogens with zero attached hydrogens (tertiary/aromatic N) is 3. The van der Waals surface area contributed by atoms with Gasteiger partial charge in [-0.05, 0) is 28.1 Å². The van der Waals surface area contributed by atoms with Gasteiger partial charge in [0.05, 0.1) is 12.1 Å². The van der Waals surface area contributed by atoms with Gasteiger partial charge in [0.15, 0.2) is 0 Å². The Morgan fingerprint density at radius 1 is 1.56 bits per heavy atom. The van der Waals surface area contributed by atoms with Gasteiger partial charge in [-0.25, -0.2) is 4.98 Å². The average Bonchev–Trinajstić information content (AvgIpc) is 2.85. The number of hydrogen-bond acceptors (Lipinski definition) is 3. The second-order valence-electron chi connectivity index (χ2n) is 3.52. The van der Waals surface area contributed by atoms with Crippen LogP contribution in [0.5, 0.6) is 0 Å². The molecule has 0 fully saturated rings. The summed E-state index contributed by atoms with van der Waals surface area (Å²) in [4.78, 5) is 15.8. The molecule has 0 aromatic carbocycles. The molecular weight excluding hydrogens is 320 g/mol. The van der Waals surface area contributed by atoms with Crippen LogP contribution in [0.15, 0.2) is 35.2 Å². The maximum atomic E-state index is 11.9. The number of hydrogen-bond donors (Lipinski definition) is 1. The summed E-state index contributed by atoms with van der Waals surface area (Å²) < 4.78 is 2.45. The van der Waals surface area contributed by atoms with Crippen LogP contribution in [0.4, 0.5) is 0 Å². The van der Waals surface area contributed by atoms with Crippen LogP contribution in [0, 0.1) is 0 Å². The highest BCUT2D eigenvalue weighted by atomic mass is 79.9. The topological polar surface area (TPSA) is 59.8 Å². The average molecular weight is 330 g/mol. The van der Waals surface area contributed by atoms with Gasteiger partial charge in [0.1, 0.15) is 5.15 Å². The fraction of sp³-hybridized carbons (Fsp3) is 0.182. The second-order valence-corrected chi connectivity index (χ2v) is 4.79. The Labute approximate surface area is 117 Å². The van der Waals surface area contributed by atoms with Crippen molar-refractivity contribution >= 4 is 33.4 Å². The standard InChI is InChI=1S/C11H10BrClN4O/c12-8-6-9(10(13)15-7-8)11(18)14-3-5-17-4-1-2-16-17/h1-2,4,6-7H,3,5H2,(H,14,18). The van der Waals surface area contributed by atoms with E-state index in [1.54, 1.807) is 23.1 Å². The van der Waals surface area contributed by atoms with Crippen LogP contribution in [-0.4, -0.2) is 27.2 Å². The van der Waals surface area contributed by atoms with Crippen LogP contribution >= 0.6 is 27.5 Å². The maximum absolute atomic E-state index is 11.9. The highest BCUT2D eigenvalue weighted by molar-refractivity contribution is 9.10. The molecule has 1 amide bonds. The summed E-state index contributed by atoms with van der Waals surface area (Å²) in [5, 5.41) is 6.99. The zero-order valence-corrected chi connectivity index (χ0v) is 11.6. The summed E-state index contributed by atoms with van der Waals surface area (Å²) in [5.41, 5.74) is 0.353. The van der Waals surface area contributed by atoms with Crippen molar-refractivity contribution in [1.29, 1.82) is 0 Å². The fourth-order valence-corrected chi connectivity index (χ4v) is 1.91. The van der Waals surface area contributed by atoms with E-state index in [1.807, 2.05) is 12.3 Å². The summed E-state index contributed by atoms with van der Waals surface area (Å²) in [5.74, 6) is -0.249. The molecule has 2 aromatic rings. The quantitative estimate of drug-likeness (QED) is 0.874. The van der Waals surface area contributed by atoms with Crippen molar-refractivity contribution in [3.8, 4) is 0 Å². The molecule has 0 aliphatic heterocycles. The third-order valence-corrected chi connectivity index (χ3v) is 2.97. The highest BCUT2D eigenvalue weighted by Crippen LogP contribution is 2.17. The molecule has 1 N–H and O–H groups in total. The van der Waals surface area contributed by atoms with E-state index in [0.717, 1.165) is 0 Å². The molecule has 18 heavy (non-hydrogen) atoms. The molecule has 94 valence electrons. The summed E-state index contributed by atoms with van der Waals surface area (Å²) in [6.45, 7) is 1.08. The number of aromatic nitrogens is 3. The molecule has 0 saturated heterocycles. The van der Waals surface area contributed by atoms with Crippen LogP contribution < -0.4 is 5.32 Å². The van der Waals surface area contributed by atoms with Gasteiger partial charge in [-0.1, -0.05) is 11.6 Å². The maximum Gasteiger partial charge on any atom is 0.254 e. The van der Waals surface area contributed by atoms with E-state index in [-0.39, 0.29) is 11.1 Å². The second kappa shape index (κ2) is 5.97. The van der Waals surface area contributed by atoms with Crippen LogP contribution in [-0.2, 0) is 6.54 Å². The van der Waals surface area contributed by atoms with Gasteiger partial charge in [-0.3, -0.25) is 9.48 Å². The van der Waals surface area contributed by atoms with Crippen LogP contribution in [0.1, 0.15) is 10.4 Å². The van der Waals surface area contributed by atoms with Crippen molar-refractivity contribution in [2.24, 2.45) is 0 Å². The third-order valence-electron chi connectivity index (χ3n) is 2.24. The lowest BCUT2D eigenvalue weighted by Crippen LogP contribution is -2.27. The lowest BCUT2D eigenvalue weighted by molar-refractivity contribution is 0.0951. The number of amides is 1. The Hall–Kier alpha value is -1.40. The minimum absolute atomic E-state index is 0.190. The Kier molecular flexibility index (Phi) is 4.33. The lowest BCUT2D eigenvalue weighted by Gasteiger charge is -2.06. The lowest BCUT2D eigenvalue weighted by atomic mass is 10.2. The van der Waals surface area contributed by atoms with Crippen molar-refractivity contribution in [2.45, 2.75) is 6.54 Å². The first-order valence-corrected chi connectivity index (χ1v) is 6.40. The van der Waals surface area contributed by atoms with E-state index in [2.05, 4.69) is 31.3 Å². The van der Waals surface area contributed by atoms with Gasteiger partial charge in [-0.2, -0.15) is 5.10 Å². The predicted molar refractivity (Wildman–Crippen MR) is 71.5 cm³/mol. The van der Waals surface area contributed by atoms with Crippen molar-refractivity contribution in [1.82, 2.24) is 20.1 Å². The van der Waals surface area contributed by atoms with E-state index >= 15 is 0 Å². The van der Waals surface area contributed by atoms with Crippen molar-refractivity contribution in [2.75, 3.05) is 6.54 Å². The third kappa shape index (κ3) is 3.30. The summed E-state index contributed by atoms with van der Waals surface area (Å²) in [6.07, 6.45) is 5.07. The molecule has 0 aliphatic rings. The first kappa shape index (κ1) is 13.0. The molecule has 2 rings (SSSR count). The van der Waals surface area contributed by atoms with Crippen LogP contribution in [0.25, 0.3) is 0 Å². The Morgan fingerprint density at radius 2 is 2.39 bits per heavy atom. The van der Waals surface area contributed by atoms with E-state index < -0.39 is 0 Å². The van der Waals surface area contributed by atoms with Gasteiger partial charge in [0.25, 0.3) is 5.91 Å². The number of nitrogens with one attached hydrogen (secondary N) is 1. The van der Waals surface area contributed by atoms with Gasteiger partial charge in [0.2, 0.25) is 0 Å². The number of halogens is 2. The molecule has 5 nitrogen and oxygen atoms in total. The number of pyridine rings is 1. The molecule has 0 unspecified atom stereocenters. The molecule has 0 radical (unpaired) electrons. The smallest absolute Gasteiger partial charge is 0.254 e. The summed E-state index contributed by atoms with van der Waals surface area (Å²) >= 11 is 9.11. The molecule has 7 heteroatoms.